The van der Waals surface area contributed by atoms with Crippen LogP contribution in [0.5, 0.6) is 5.75 Å². The van der Waals surface area contributed by atoms with Crippen molar-refractivity contribution in [2.24, 2.45) is 5.73 Å². The van der Waals surface area contributed by atoms with Gasteiger partial charge in [-0.15, -0.1) is 0 Å². The predicted molar refractivity (Wildman–Crippen MR) is 79.2 cm³/mol. The SMILES string of the molecule is CC(CC(N)=S)NC(=O)c1cc(I)ccc1O. The quantitative estimate of drug-likeness (QED) is 0.563. The molecule has 1 amide bonds. The molecular formula is C11H13IN2O2S. The zero-order valence-electron chi connectivity index (χ0n) is 9.24. The van der Waals surface area contributed by atoms with Crippen LogP contribution >= 0.6 is 34.8 Å². The van der Waals surface area contributed by atoms with Crippen molar-refractivity contribution in [1.82, 2.24) is 5.32 Å². The lowest BCUT2D eigenvalue weighted by molar-refractivity contribution is 0.0938. The smallest absolute Gasteiger partial charge is 0.255 e. The molecule has 1 unspecified atom stereocenters. The number of halogens is 1. The molecule has 0 radical (unpaired) electrons. The Morgan fingerprint density at radius 1 is 1.65 bits per heavy atom. The van der Waals surface area contributed by atoms with Crippen molar-refractivity contribution in [3.8, 4) is 5.75 Å². The number of nitrogens with two attached hydrogens (primary N) is 1. The van der Waals surface area contributed by atoms with Crippen LogP contribution in [0.25, 0.3) is 0 Å². The van der Waals surface area contributed by atoms with E-state index >= 15 is 0 Å². The maximum Gasteiger partial charge on any atom is 0.255 e. The number of carbonyl (C=O) groups excluding carboxylic acids is 1. The molecule has 0 aliphatic carbocycles. The van der Waals surface area contributed by atoms with Crippen LogP contribution in [0.1, 0.15) is 23.7 Å². The lowest BCUT2D eigenvalue weighted by Gasteiger charge is -2.13. The van der Waals surface area contributed by atoms with E-state index in [4.69, 9.17) is 18.0 Å². The zero-order valence-corrected chi connectivity index (χ0v) is 12.2. The third-order valence-electron chi connectivity index (χ3n) is 2.09. The Balaban J connectivity index is 2.76. The number of thiocarbonyl (C=S) groups is 1. The average Bonchev–Trinajstić information content (AvgIpc) is 2.20. The summed E-state index contributed by atoms with van der Waals surface area (Å²) in [6.45, 7) is 1.81. The summed E-state index contributed by atoms with van der Waals surface area (Å²) in [5.41, 5.74) is 5.65. The second-order valence-corrected chi connectivity index (χ2v) is 5.48. The van der Waals surface area contributed by atoms with Gasteiger partial charge >= 0.3 is 0 Å². The van der Waals surface area contributed by atoms with Gasteiger partial charge in [0.05, 0.1) is 10.6 Å². The summed E-state index contributed by atoms with van der Waals surface area (Å²) in [6.07, 6.45) is 0.436. The fraction of sp³-hybridized carbons (Fsp3) is 0.273. The van der Waals surface area contributed by atoms with Crippen LogP contribution in [0.15, 0.2) is 18.2 Å². The fourth-order valence-corrected chi connectivity index (χ4v) is 2.09. The summed E-state index contributed by atoms with van der Waals surface area (Å²) >= 11 is 6.84. The molecule has 1 rings (SSSR count). The summed E-state index contributed by atoms with van der Waals surface area (Å²) in [4.78, 5) is 12.2. The van der Waals surface area contributed by atoms with Crippen LogP contribution in [-0.4, -0.2) is 22.0 Å². The minimum atomic E-state index is -0.329. The van der Waals surface area contributed by atoms with E-state index in [1.807, 2.05) is 6.92 Å². The van der Waals surface area contributed by atoms with Crippen molar-refractivity contribution >= 4 is 45.7 Å². The van der Waals surface area contributed by atoms with E-state index in [2.05, 4.69) is 27.9 Å². The second-order valence-electron chi connectivity index (χ2n) is 3.71. The van der Waals surface area contributed by atoms with Gasteiger partial charge < -0.3 is 16.2 Å². The van der Waals surface area contributed by atoms with Crippen molar-refractivity contribution in [2.45, 2.75) is 19.4 Å². The Morgan fingerprint density at radius 2 is 2.29 bits per heavy atom. The van der Waals surface area contributed by atoms with Crippen LogP contribution in [-0.2, 0) is 0 Å². The van der Waals surface area contributed by atoms with E-state index in [0.29, 0.717) is 11.4 Å². The molecule has 17 heavy (non-hydrogen) atoms. The van der Waals surface area contributed by atoms with Gasteiger partial charge in [-0.25, -0.2) is 0 Å². The minimum Gasteiger partial charge on any atom is -0.507 e. The third-order valence-corrected chi connectivity index (χ3v) is 2.93. The van der Waals surface area contributed by atoms with Gasteiger partial charge in [0.1, 0.15) is 5.75 Å². The third kappa shape index (κ3) is 4.47. The lowest BCUT2D eigenvalue weighted by atomic mass is 10.1. The topological polar surface area (TPSA) is 75.3 Å². The number of benzene rings is 1. The van der Waals surface area contributed by atoms with Gasteiger partial charge in [0, 0.05) is 16.0 Å². The van der Waals surface area contributed by atoms with Gasteiger partial charge in [-0.1, -0.05) is 12.2 Å². The predicted octanol–water partition coefficient (Wildman–Crippen LogP) is 1.79. The number of rotatable bonds is 4. The Labute approximate surface area is 119 Å². The number of phenols is 1. The summed E-state index contributed by atoms with van der Waals surface area (Å²) in [6, 6.07) is 4.69. The number of phenolic OH excluding ortho intramolecular Hbond substituents is 1. The first-order chi connectivity index (χ1) is 7.90. The molecular weight excluding hydrogens is 351 g/mol. The highest BCUT2D eigenvalue weighted by molar-refractivity contribution is 14.1. The monoisotopic (exact) mass is 364 g/mol. The fourth-order valence-electron chi connectivity index (χ4n) is 1.34. The number of aromatic hydroxyl groups is 1. The molecule has 0 saturated carbocycles. The first-order valence-electron chi connectivity index (χ1n) is 4.98. The molecule has 92 valence electrons. The number of hydrogen-bond acceptors (Lipinski definition) is 3. The van der Waals surface area contributed by atoms with Gasteiger partial charge in [0.15, 0.2) is 0 Å². The maximum atomic E-state index is 11.9. The Hall–Kier alpha value is -0.890. The Kier molecular flexibility index (Phi) is 5.13. The van der Waals surface area contributed by atoms with Crippen LogP contribution in [0.3, 0.4) is 0 Å². The molecule has 1 atom stereocenters. The van der Waals surface area contributed by atoms with E-state index in [1.165, 1.54) is 6.07 Å². The van der Waals surface area contributed by atoms with E-state index in [9.17, 15) is 9.90 Å². The highest BCUT2D eigenvalue weighted by atomic mass is 127. The molecule has 1 aromatic carbocycles. The number of carbonyl (C=O) groups is 1. The minimum absolute atomic E-state index is 0.0366. The lowest BCUT2D eigenvalue weighted by Crippen LogP contribution is -2.35. The van der Waals surface area contributed by atoms with Gasteiger partial charge in [-0.05, 0) is 47.7 Å². The molecule has 6 heteroatoms. The number of hydrogen-bond donors (Lipinski definition) is 3. The first kappa shape index (κ1) is 14.2. The first-order valence-corrected chi connectivity index (χ1v) is 6.46. The molecule has 0 heterocycles. The number of nitrogens with one attached hydrogen (secondary N) is 1. The van der Waals surface area contributed by atoms with E-state index in [1.54, 1.807) is 12.1 Å². The summed E-state index contributed by atoms with van der Waals surface area (Å²) < 4.78 is 0.882. The van der Waals surface area contributed by atoms with Crippen molar-refractivity contribution in [3.63, 3.8) is 0 Å². The maximum absolute atomic E-state index is 11.9. The molecule has 0 aliphatic heterocycles. The molecule has 4 nitrogen and oxygen atoms in total. The number of amides is 1. The van der Waals surface area contributed by atoms with Crippen molar-refractivity contribution in [1.29, 1.82) is 0 Å². The van der Waals surface area contributed by atoms with Crippen LogP contribution in [0.2, 0.25) is 0 Å². The standard InChI is InChI=1S/C11H13IN2O2S/c1-6(4-10(13)17)14-11(16)8-5-7(12)2-3-9(8)15/h2-3,5-6,15H,4H2,1H3,(H2,13,17)(H,14,16). The van der Waals surface area contributed by atoms with E-state index in [0.717, 1.165) is 3.57 Å². The molecule has 0 aliphatic rings. The molecule has 1 aromatic rings. The van der Waals surface area contributed by atoms with Crippen LogP contribution in [0, 0.1) is 3.57 Å². The van der Waals surface area contributed by atoms with Crippen molar-refractivity contribution in [3.05, 3.63) is 27.3 Å². The molecule has 0 saturated heterocycles. The Morgan fingerprint density at radius 3 is 2.88 bits per heavy atom. The van der Waals surface area contributed by atoms with E-state index < -0.39 is 0 Å². The van der Waals surface area contributed by atoms with Crippen molar-refractivity contribution < 1.29 is 9.90 Å². The van der Waals surface area contributed by atoms with E-state index in [-0.39, 0.29) is 23.3 Å². The van der Waals surface area contributed by atoms with Gasteiger partial charge in [0.2, 0.25) is 0 Å². The highest BCUT2D eigenvalue weighted by Crippen LogP contribution is 2.19. The normalized spacial score (nSPS) is 11.9. The molecule has 0 spiro atoms. The summed E-state index contributed by atoms with van der Waals surface area (Å²) in [5.74, 6) is -0.366. The molecule has 0 bridgehead atoms. The second kappa shape index (κ2) is 6.15. The van der Waals surface area contributed by atoms with Gasteiger partial charge in [0.25, 0.3) is 5.91 Å². The van der Waals surface area contributed by atoms with Crippen LogP contribution < -0.4 is 11.1 Å². The van der Waals surface area contributed by atoms with Gasteiger partial charge in [-0.2, -0.15) is 0 Å². The zero-order chi connectivity index (χ0) is 13.0. The molecule has 0 aromatic heterocycles. The van der Waals surface area contributed by atoms with Gasteiger partial charge in [-0.3, -0.25) is 4.79 Å². The average molecular weight is 364 g/mol. The van der Waals surface area contributed by atoms with Crippen LogP contribution in [0.4, 0.5) is 0 Å². The highest BCUT2D eigenvalue weighted by Gasteiger charge is 2.14. The molecule has 0 fully saturated rings. The summed E-state index contributed by atoms with van der Waals surface area (Å²) in [5, 5.41) is 12.3. The van der Waals surface area contributed by atoms with Crippen molar-refractivity contribution in [2.75, 3.05) is 0 Å². The summed E-state index contributed by atoms with van der Waals surface area (Å²) in [7, 11) is 0. The Bertz CT molecular complexity index is 451. The molecule has 4 N–H and O–H groups in total. The largest absolute Gasteiger partial charge is 0.507 e.